The first-order valence-corrected chi connectivity index (χ1v) is 11.4. The van der Waals surface area contributed by atoms with Crippen molar-refractivity contribution in [3.05, 3.63) is 70.9 Å². The standard InChI is InChI=1S/C27H27N3O3/c1-33-20-11-8-17(9-12-20)15-18-10-13-22-24(21-6-2-3-7-23(21)29-25(18)22)27(32)30-14-4-5-19(16-30)26(28)31/h2-3,6-9,11-12,15,19H,4-5,10,13-14,16H2,1H3,(H2,28,31). The number of likely N-dealkylation sites (tertiary alicyclic amines) is 1. The van der Waals surface area contributed by atoms with Crippen LogP contribution in [0, 0.1) is 5.92 Å². The molecule has 2 aliphatic rings. The van der Waals surface area contributed by atoms with Crippen molar-refractivity contribution in [1.29, 1.82) is 0 Å². The largest absolute Gasteiger partial charge is 0.497 e. The number of ether oxygens (including phenoxy) is 1. The van der Waals surface area contributed by atoms with Gasteiger partial charge in [0.15, 0.2) is 0 Å². The van der Waals surface area contributed by atoms with Gasteiger partial charge in [0.2, 0.25) is 5.91 Å². The predicted octanol–water partition coefficient (Wildman–Crippen LogP) is 4.07. The summed E-state index contributed by atoms with van der Waals surface area (Å²) in [4.78, 5) is 32.3. The van der Waals surface area contributed by atoms with Crippen LogP contribution >= 0.6 is 0 Å². The van der Waals surface area contributed by atoms with Crippen LogP contribution in [-0.4, -0.2) is 41.9 Å². The monoisotopic (exact) mass is 441 g/mol. The fourth-order valence-electron chi connectivity index (χ4n) is 4.98. The number of primary amides is 1. The number of aromatic nitrogens is 1. The maximum Gasteiger partial charge on any atom is 0.254 e. The van der Waals surface area contributed by atoms with E-state index in [9.17, 15) is 9.59 Å². The lowest BCUT2D eigenvalue weighted by Crippen LogP contribution is -2.44. The Morgan fingerprint density at radius 1 is 1.12 bits per heavy atom. The number of hydrogen-bond donors (Lipinski definition) is 1. The summed E-state index contributed by atoms with van der Waals surface area (Å²) in [6, 6.07) is 15.7. The average Bonchev–Trinajstić information content (AvgIpc) is 3.24. The van der Waals surface area contributed by atoms with Crippen LogP contribution in [0.3, 0.4) is 0 Å². The van der Waals surface area contributed by atoms with Crippen molar-refractivity contribution in [2.75, 3.05) is 20.2 Å². The van der Waals surface area contributed by atoms with E-state index in [2.05, 4.69) is 6.08 Å². The lowest BCUT2D eigenvalue weighted by Gasteiger charge is -2.32. The number of carbonyl (C=O) groups is 2. The van der Waals surface area contributed by atoms with Gasteiger partial charge in [-0.1, -0.05) is 30.3 Å². The third-order valence-electron chi connectivity index (χ3n) is 6.72. The predicted molar refractivity (Wildman–Crippen MR) is 129 cm³/mol. The minimum atomic E-state index is -0.331. The lowest BCUT2D eigenvalue weighted by atomic mass is 9.94. The molecule has 1 saturated heterocycles. The zero-order valence-electron chi connectivity index (χ0n) is 18.7. The SMILES string of the molecule is COc1ccc(C=C2CCc3c2nc2ccccc2c3C(=O)N2CCCC(C(N)=O)C2)cc1. The van der Waals surface area contributed by atoms with Crippen LogP contribution in [0.5, 0.6) is 5.75 Å². The van der Waals surface area contributed by atoms with Crippen molar-refractivity contribution >= 4 is 34.4 Å². The number of rotatable bonds is 4. The molecule has 0 spiro atoms. The summed E-state index contributed by atoms with van der Waals surface area (Å²) in [5.74, 6) is 0.176. The van der Waals surface area contributed by atoms with Gasteiger partial charge < -0.3 is 15.4 Å². The van der Waals surface area contributed by atoms with Gasteiger partial charge in [0.25, 0.3) is 5.91 Å². The highest BCUT2D eigenvalue weighted by molar-refractivity contribution is 6.09. The summed E-state index contributed by atoms with van der Waals surface area (Å²) in [6.45, 7) is 1.02. The van der Waals surface area contributed by atoms with Gasteiger partial charge >= 0.3 is 0 Å². The molecule has 2 N–H and O–H groups in total. The normalized spacial score (nSPS) is 19.0. The summed E-state index contributed by atoms with van der Waals surface area (Å²) < 4.78 is 5.26. The second-order valence-electron chi connectivity index (χ2n) is 8.77. The molecule has 3 aromatic rings. The molecule has 168 valence electrons. The number of fused-ring (bicyclic) bond motifs is 2. The van der Waals surface area contributed by atoms with Gasteiger partial charge in [-0.15, -0.1) is 0 Å². The highest BCUT2D eigenvalue weighted by atomic mass is 16.5. The van der Waals surface area contributed by atoms with Crippen molar-refractivity contribution in [1.82, 2.24) is 9.88 Å². The molecule has 1 unspecified atom stereocenters. The fraction of sp³-hybridized carbons (Fsp3) is 0.296. The van der Waals surface area contributed by atoms with Gasteiger partial charge in [-0.3, -0.25) is 9.59 Å². The van der Waals surface area contributed by atoms with Crippen LogP contribution in [0.1, 0.15) is 46.4 Å². The Kier molecular flexibility index (Phi) is 5.58. The molecule has 1 atom stereocenters. The first-order valence-electron chi connectivity index (χ1n) is 11.4. The zero-order chi connectivity index (χ0) is 22.9. The number of amides is 2. The van der Waals surface area contributed by atoms with Crippen LogP contribution in [0.15, 0.2) is 48.5 Å². The van der Waals surface area contributed by atoms with E-state index in [-0.39, 0.29) is 17.7 Å². The fourth-order valence-corrected chi connectivity index (χ4v) is 4.98. The Labute approximate surface area is 193 Å². The lowest BCUT2D eigenvalue weighted by molar-refractivity contribution is -0.123. The summed E-state index contributed by atoms with van der Waals surface area (Å²) in [7, 11) is 1.66. The van der Waals surface area contributed by atoms with Gasteiger partial charge in [-0.25, -0.2) is 4.98 Å². The molecule has 2 heterocycles. The van der Waals surface area contributed by atoms with Crippen LogP contribution in [-0.2, 0) is 11.2 Å². The number of carbonyl (C=O) groups excluding carboxylic acids is 2. The first kappa shape index (κ1) is 21.2. The van der Waals surface area contributed by atoms with E-state index >= 15 is 0 Å². The van der Waals surface area contributed by atoms with Gasteiger partial charge in [-0.05, 0) is 66.7 Å². The highest BCUT2D eigenvalue weighted by Gasteiger charge is 2.32. The van der Waals surface area contributed by atoms with Crippen molar-refractivity contribution in [3.63, 3.8) is 0 Å². The Morgan fingerprint density at radius 3 is 2.67 bits per heavy atom. The molecule has 1 fully saturated rings. The average molecular weight is 442 g/mol. The number of hydrogen-bond acceptors (Lipinski definition) is 4. The van der Waals surface area contributed by atoms with Crippen molar-refractivity contribution in [2.45, 2.75) is 25.7 Å². The Hall–Kier alpha value is -3.67. The molecular formula is C27H27N3O3. The number of allylic oxidation sites excluding steroid dienone is 1. The molecule has 33 heavy (non-hydrogen) atoms. The zero-order valence-corrected chi connectivity index (χ0v) is 18.7. The molecule has 5 rings (SSSR count). The number of benzene rings is 2. The van der Waals surface area contributed by atoms with E-state index in [0.717, 1.165) is 70.3 Å². The third kappa shape index (κ3) is 3.97. The number of pyridine rings is 1. The molecule has 0 radical (unpaired) electrons. The van der Waals surface area contributed by atoms with Crippen molar-refractivity contribution in [2.24, 2.45) is 11.7 Å². The van der Waals surface area contributed by atoms with E-state index in [1.807, 2.05) is 48.5 Å². The molecule has 0 saturated carbocycles. The third-order valence-corrected chi connectivity index (χ3v) is 6.72. The van der Waals surface area contributed by atoms with Crippen LogP contribution in [0.2, 0.25) is 0 Å². The highest BCUT2D eigenvalue weighted by Crippen LogP contribution is 2.38. The second kappa shape index (κ2) is 8.70. The van der Waals surface area contributed by atoms with Gasteiger partial charge in [0, 0.05) is 18.5 Å². The van der Waals surface area contributed by atoms with Crippen LogP contribution in [0.4, 0.5) is 0 Å². The van der Waals surface area contributed by atoms with Crippen LogP contribution < -0.4 is 10.5 Å². The Balaban J connectivity index is 1.58. The number of piperidine rings is 1. The number of methoxy groups -OCH3 is 1. The Morgan fingerprint density at radius 2 is 1.91 bits per heavy atom. The molecule has 1 aliphatic carbocycles. The number of nitrogens with two attached hydrogens (primary N) is 1. The second-order valence-corrected chi connectivity index (χ2v) is 8.77. The summed E-state index contributed by atoms with van der Waals surface area (Å²) in [5.41, 5.74) is 11.2. The molecule has 6 nitrogen and oxygen atoms in total. The first-order chi connectivity index (χ1) is 16.0. The number of nitrogens with zero attached hydrogens (tertiary/aromatic N) is 2. The summed E-state index contributed by atoms with van der Waals surface area (Å²) in [5, 5.41) is 0.869. The van der Waals surface area contributed by atoms with Crippen LogP contribution in [0.25, 0.3) is 22.6 Å². The van der Waals surface area contributed by atoms with Gasteiger partial charge in [-0.2, -0.15) is 0 Å². The quantitative estimate of drug-likeness (QED) is 0.661. The molecule has 6 heteroatoms. The summed E-state index contributed by atoms with van der Waals surface area (Å²) >= 11 is 0. The van der Waals surface area contributed by atoms with E-state index in [4.69, 9.17) is 15.5 Å². The van der Waals surface area contributed by atoms with Crippen molar-refractivity contribution < 1.29 is 14.3 Å². The molecule has 2 amide bonds. The molecule has 0 bridgehead atoms. The van der Waals surface area contributed by atoms with E-state index in [1.54, 1.807) is 12.0 Å². The maximum absolute atomic E-state index is 13.8. The van der Waals surface area contributed by atoms with E-state index in [0.29, 0.717) is 13.1 Å². The maximum atomic E-state index is 13.8. The number of para-hydroxylation sites is 1. The van der Waals surface area contributed by atoms with E-state index < -0.39 is 0 Å². The summed E-state index contributed by atoms with van der Waals surface area (Å²) in [6.07, 6.45) is 5.26. The smallest absolute Gasteiger partial charge is 0.254 e. The topological polar surface area (TPSA) is 85.5 Å². The molecule has 2 aromatic carbocycles. The molecule has 1 aliphatic heterocycles. The van der Waals surface area contributed by atoms with E-state index in [1.165, 1.54) is 0 Å². The minimum Gasteiger partial charge on any atom is -0.497 e. The van der Waals surface area contributed by atoms with Gasteiger partial charge in [0.1, 0.15) is 5.75 Å². The molecule has 1 aromatic heterocycles. The van der Waals surface area contributed by atoms with Crippen molar-refractivity contribution in [3.8, 4) is 5.75 Å². The van der Waals surface area contributed by atoms with Gasteiger partial charge in [0.05, 0.1) is 29.8 Å². The Bertz CT molecular complexity index is 1260. The molecular weight excluding hydrogens is 414 g/mol. The minimum absolute atomic E-state index is 0.0264.